The highest BCUT2D eigenvalue weighted by atomic mass is 32.1. The Kier molecular flexibility index (Phi) is 4.02. The number of hydrogen-bond acceptors (Lipinski definition) is 6. The van der Waals surface area contributed by atoms with Crippen LogP contribution in [0.4, 0.5) is 5.69 Å². The monoisotopic (exact) mass is 354 g/mol. The first-order chi connectivity index (χ1) is 12.2. The molecule has 0 radical (unpaired) electrons. The zero-order valence-electron chi connectivity index (χ0n) is 13.1. The van der Waals surface area contributed by atoms with Gasteiger partial charge in [-0.3, -0.25) is 9.59 Å². The Labute approximate surface area is 147 Å². The minimum Gasteiger partial charge on any atom is -0.421 e. The van der Waals surface area contributed by atoms with Gasteiger partial charge in [-0.2, -0.15) is 11.3 Å². The van der Waals surface area contributed by atoms with Crippen LogP contribution in [0, 0.1) is 0 Å². The summed E-state index contributed by atoms with van der Waals surface area (Å²) < 4.78 is 5.55. The van der Waals surface area contributed by atoms with E-state index in [-0.39, 0.29) is 18.2 Å². The Hall–Kier alpha value is -3.00. The molecular weight excluding hydrogens is 340 g/mol. The van der Waals surface area contributed by atoms with Crippen molar-refractivity contribution in [3.8, 4) is 11.5 Å². The Morgan fingerprint density at radius 1 is 1.32 bits per heavy atom. The van der Waals surface area contributed by atoms with Gasteiger partial charge in [0, 0.05) is 41.6 Å². The number of aromatic nitrogens is 2. The quantitative estimate of drug-likeness (QED) is 0.734. The van der Waals surface area contributed by atoms with Gasteiger partial charge in [0.25, 0.3) is 5.91 Å². The molecule has 1 aliphatic heterocycles. The van der Waals surface area contributed by atoms with Crippen molar-refractivity contribution in [3.63, 3.8) is 0 Å². The molecule has 0 spiro atoms. The number of hydrogen-bond donors (Lipinski definition) is 2. The predicted octanol–water partition coefficient (Wildman–Crippen LogP) is 2.61. The van der Waals surface area contributed by atoms with Crippen LogP contribution >= 0.6 is 11.3 Å². The molecular formula is C17H14N4O3S. The molecule has 2 amide bonds. The van der Waals surface area contributed by atoms with E-state index in [2.05, 4.69) is 20.8 Å². The fraction of sp³-hybridized carbons (Fsp3) is 0.176. The second kappa shape index (κ2) is 6.48. The highest BCUT2D eigenvalue weighted by Crippen LogP contribution is 2.22. The van der Waals surface area contributed by atoms with Crippen LogP contribution < -0.4 is 10.6 Å². The van der Waals surface area contributed by atoms with Gasteiger partial charge in [-0.25, -0.2) is 0 Å². The number of nitrogens with zero attached hydrogens (tertiary/aromatic N) is 2. The predicted molar refractivity (Wildman–Crippen MR) is 92.2 cm³/mol. The van der Waals surface area contributed by atoms with Gasteiger partial charge in [0.1, 0.15) is 0 Å². The zero-order valence-corrected chi connectivity index (χ0v) is 13.9. The van der Waals surface area contributed by atoms with Crippen LogP contribution in [0.25, 0.3) is 11.5 Å². The van der Waals surface area contributed by atoms with Crippen molar-refractivity contribution < 1.29 is 14.0 Å². The number of carbonyl (C=O) groups excluding carboxylic acids is 2. The molecule has 1 aliphatic rings. The molecule has 126 valence electrons. The van der Waals surface area contributed by atoms with Crippen molar-refractivity contribution >= 4 is 28.8 Å². The van der Waals surface area contributed by atoms with E-state index in [1.807, 2.05) is 22.9 Å². The highest BCUT2D eigenvalue weighted by Gasteiger charge is 2.19. The third-order valence-corrected chi connectivity index (χ3v) is 4.56. The minimum absolute atomic E-state index is 0.113. The van der Waals surface area contributed by atoms with Crippen molar-refractivity contribution in [1.82, 2.24) is 15.5 Å². The molecule has 2 N–H and O–H groups in total. The van der Waals surface area contributed by atoms with Gasteiger partial charge in [-0.1, -0.05) is 6.07 Å². The van der Waals surface area contributed by atoms with Gasteiger partial charge in [0.15, 0.2) is 0 Å². The second-order valence-corrected chi connectivity index (χ2v) is 6.40. The number of nitrogens with one attached hydrogen (secondary N) is 2. The normalized spacial score (nSPS) is 12.7. The first kappa shape index (κ1) is 15.5. The second-order valence-electron chi connectivity index (χ2n) is 5.62. The molecule has 25 heavy (non-hydrogen) atoms. The van der Waals surface area contributed by atoms with E-state index in [4.69, 9.17) is 4.42 Å². The first-order valence-corrected chi connectivity index (χ1v) is 8.69. The number of carbonyl (C=O) groups is 2. The summed E-state index contributed by atoms with van der Waals surface area (Å²) in [6.45, 7) is 0.534. The topological polar surface area (TPSA) is 97.1 Å². The van der Waals surface area contributed by atoms with E-state index < -0.39 is 0 Å². The average Bonchev–Trinajstić information content (AvgIpc) is 3.34. The summed E-state index contributed by atoms with van der Waals surface area (Å²) >= 11 is 1.55. The maximum atomic E-state index is 12.1. The third kappa shape index (κ3) is 3.29. The molecule has 2 aromatic heterocycles. The summed E-state index contributed by atoms with van der Waals surface area (Å²) in [4.78, 5) is 23.8. The van der Waals surface area contributed by atoms with Crippen LogP contribution in [-0.2, 0) is 17.8 Å². The number of amides is 2. The van der Waals surface area contributed by atoms with Gasteiger partial charge < -0.3 is 15.1 Å². The molecule has 3 heterocycles. The summed E-state index contributed by atoms with van der Waals surface area (Å²) in [6, 6.07) is 7.22. The van der Waals surface area contributed by atoms with E-state index in [9.17, 15) is 9.59 Å². The van der Waals surface area contributed by atoms with Crippen LogP contribution in [-0.4, -0.2) is 22.0 Å². The average molecular weight is 354 g/mol. The summed E-state index contributed by atoms with van der Waals surface area (Å²) in [5.74, 6) is 0.595. The van der Waals surface area contributed by atoms with Crippen LogP contribution in [0.15, 0.2) is 39.4 Å². The highest BCUT2D eigenvalue weighted by molar-refractivity contribution is 7.08. The fourth-order valence-corrected chi connectivity index (χ4v) is 3.22. The SMILES string of the molecule is O=C(CCc1nnc(-c2ccsc2)o1)Nc1ccc2c(c1)C(=O)NC2. The smallest absolute Gasteiger partial charge is 0.251 e. The van der Waals surface area contributed by atoms with Crippen molar-refractivity contribution in [2.45, 2.75) is 19.4 Å². The third-order valence-electron chi connectivity index (χ3n) is 3.88. The summed E-state index contributed by atoms with van der Waals surface area (Å²) in [6.07, 6.45) is 0.572. The maximum Gasteiger partial charge on any atom is 0.251 e. The van der Waals surface area contributed by atoms with E-state index >= 15 is 0 Å². The van der Waals surface area contributed by atoms with Gasteiger partial charge in [0.05, 0.1) is 0 Å². The number of fused-ring (bicyclic) bond motifs is 1. The molecule has 0 saturated heterocycles. The lowest BCUT2D eigenvalue weighted by atomic mass is 10.1. The summed E-state index contributed by atoms with van der Waals surface area (Å²) in [5, 5.41) is 17.3. The van der Waals surface area contributed by atoms with Crippen LogP contribution in [0.3, 0.4) is 0 Å². The fourth-order valence-electron chi connectivity index (χ4n) is 2.59. The molecule has 0 fully saturated rings. The Bertz CT molecular complexity index is 933. The first-order valence-electron chi connectivity index (χ1n) is 7.75. The molecule has 0 saturated carbocycles. The van der Waals surface area contributed by atoms with E-state index in [1.165, 1.54) is 0 Å². The molecule has 4 rings (SSSR count). The van der Waals surface area contributed by atoms with Crippen molar-refractivity contribution in [2.24, 2.45) is 0 Å². The van der Waals surface area contributed by atoms with E-state index in [0.29, 0.717) is 36.0 Å². The Balaban J connectivity index is 1.35. The molecule has 0 atom stereocenters. The van der Waals surface area contributed by atoms with Gasteiger partial charge in [-0.15, -0.1) is 10.2 Å². The summed E-state index contributed by atoms with van der Waals surface area (Å²) in [5.41, 5.74) is 3.03. The van der Waals surface area contributed by atoms with Gasteiger partial charge in [0.2, 0.25) is 17.7 Å². The molecule has 0 bridgehead atoms. The number of thiophene rings is 1. The largest absolute Gasteiger partial charge is 0.421 e. The summed E-state index contributed by atoms with van der Waals surface area (Å²) in [7, 11) is 0. The molecule has 7 nitrogen and oxygen atoms in total. The van der Waals surface area contributed by atoms with Crippen molar-refractivity contribution in [2.75, 3.05) is 5.32 Å². The molecule has 3 aromatic rings. The number of benzene rings is 1. The van der Waals surface area contributed by atoms with Crippen LogP contribution in [0.2, 0.25) is 0 Å². The molecule has 0 unspecified atom stereocenters. The van der Waals surface area contributed by atoms with Gasteiger partial charge >= 0.3 is 0 Å². The van der Waals surface area contributed by atoms with Crippen molar-refractivity contribution in [3.05, 3.63) is 52.0 Å². The standard InChI is InChI=1S/C17H14N4O3S/c22-14(19-12-2-1-10-8-18-16(23)13(10)7-12)3-4-15-20-21-17(24-15)11-5-6-25-9-11/h1-2,5-7,9H,3-4,8H2,(H,18,23)(H,19,22). The van der Waals surface area contributed by atoms with Crippen LogP contribution in [0.1, 0.15) is 28.2 Å². The Morgan fingerprint density at radius 3 is 3.08 bits per heavy atom. The molecule has 8 heteroatoms. The molecule has 1 aromatic carbocycles. The lowest BCUT2D eigenvalue weighted by Gasteiger charge is -2.05. The molecule has 0 aliphatic carbocycles. The van der Waals surface area contributed by atoms with Crippen molar-refractivity contribution in [1.29, 1.82) is 0 Å². The zero-order chi connectivity index (χ0) is 17.2. The lowest BCUT2D eigenvalue weighted by molar-refractivity contribution is -0.116. The lowest BCUT2D eigenvalue weighted by Crippen LogP contribution is -2.14. The number of anilines is 1. The Morgan fingerprint density at radius 2 is 2.24 bits per heavy atom. The minimum atomic E-state index is -0.173. The van der Waals surface area contributed by atoms with Crippen LogP contribution in [0.5, 0.6) is 0 Å². The van der Waals surface area contributed by atoms with E-state index in [0.717, 1.165) is 11.1 Å². The maximum absolute atomic E-state index is 12.1. The number of aryl methyl sites for hydroxylation is 1. The van der Waals surface area contributed by atoms with Gasteiger partial charge in [-0.05, 0) is 29.1 Å². The van der Waals surface area contributed by atoms with E-state index in [1.54, 1.807) is 23.5 Å². The number of rotatable bonds is 5.